The van der Waals surface area contributed by atoms with E-state index in [2.05, 4.69) is 5.32 Å². The van der Waals surface area contributed by atoms with Crippen LogP contribution in [0.4, 0.5) is 4.39 Å². The van der Waals surface area contributed by atoms with Gasteiger partial charge in [0.05, 0.1) is 11.6 Å². The highest BCUT2D eigenvalue weighted by Gasteiger charge is 2.28. The lowest BCUT2D eigenvalue weighted by atomic mass is 10.0. The van der Waals surface area contributed by atoms with Crippen molar-refractivity contribution in [1.82, 2.24) is 5.32 Å². The molecule has 0 aromatic heterocycles. The van der Waals surface area contributed by atoms with Crippen molar-refractivity contribution in [2.75, 3.05) is 19.7 Å². The van der Waals surface area contributed by atoms with Crippen LogP contribution in [0.5, 0.6) is 5.75 Å². The zero-order valence-electron chi connectivity index (χ0n) is 12.3. The van der Waals surface area contributed by atoms with Crippen LogP contribution in [0.2, 0.25) is 10.0 Å². The quantitative estimate of drug-likeness (QED) is 0.889. The fraction of sp³-hybridized carbons (Fsp3) is 0.294. The molecule has 1 fully saturated rings. The molecule has 0 bridgehead atoms. The second-order valence-corrected chi connectivity index (χ2v) is 6.13. The van der Waals surface area contributed by atoms with Crippen molar-refractivity contribution in [2.45, 2.75) is 12.2 Å². The van der Waals surface area contributed by atoms with E-state index in [0.29, 0.717) is 23.9 Å². The van der Waals surface area contributed by atoms with E-state index in [0.717, 1.165) is 12.1 Å². The highest BCUT2D eigenvalue weighted by molar-refractivity contribution is 6.32. The highest BCUT2D eigenvalue weighted by atomic mass is 35.5. The van der Waals surface area contributed by atoms with Crippen molar-refractivity contribution < 1.29 is 13.9 Å². The van der Waals surface area contributed by atoms with Gasteiger partial charge >= 0.3 is 0 Å². The number of morpholine rings is 1. The number of ether oxygens (including phenoxy) is 2. The van der Waals surface area contributed by atoms with E-state index in [-0.39, 0.29) is 11.1 Å². The largest absolute Gasteiger partial charge is 0.481 e. The number of hydrogen-bond donors (Lipinski definition) is 1. The first-order valence-corrected chi connectivity index (χ1v) is 8.08. The van der Waals surface area contributed by atoms with Gasteiger partial charge in [-0.15, -0.1) is 0 Å². The van der Waals surface area contributed by atoms with Crippen LogP contribution >= 0.6 is 23.2 Å². The summed E-state index contributed by atoms with van der Waals surface area (Å²) in [7, 11) is 0. The van der Waals surface area contributed by atoms with Crippen LogP contribution < -0.4 is 10.1 Å². The van der Waals surface area contributed by atoms with E-state index in [4.69, 9.17) is 32.7 Å². The summed E-state index contributed by atoms with van der Waals surface area (Å²) in [6.45, 7) is 2.05. The summed E-state index contributed by atoms with van der Waals surface area (Å²) in [5, 5.41) is 4.12. The van der Waals surface area contributed by atoms with Crippen molar-refractivity contribution in [3.63, 3.8) is 0 Å². The molecule has 0 spiro atoms. The molecule has 1 N–H and O–H groups in total. The molecule has 122 valence electrons. The van der Waals surface area contributed by atoms with Crippen LogP contribution in [-0.2, 0) is 4.74 Å². The molecule has 2 atom stereocenters. The van der Waals surface area contributed by atoms with Crippen LogP contribution in [0, 0.1) is 5.82 Å². The Morgan fingerprint density at radius 1 is 1.22 bits per heavy atom. The normalized spacial score (nSPS) is 19.3. The first-order valence-electron chi connectivity index (χ1n) is 7.33. The second kappa shape index (κ2) is 7.49. The van der Waals surface area contributed by atoms with E-state index in [1.54, 1.807) is 6.07 Å². The van der Waals surface area contributed by atoms with E-state index >= 15 is 0 Å². The summed E-state index contributed by atoms with van der Waals surface area (Å²) in [4.78, 5) is 0. The standard InChI is InChI=1S/C17H16Cl2FNO2/c18-12-3-1-2-11(8-12)17(16-10-21-6-7-22-16)23-15-5-4-13(20)9-14(15)19/h1-5,8-9,16-17,21H,6-7,10H2/t16-,17-/m0/s1. The van der Waals surface area contributed by atoms with Gasteiger partial charge in [-0.3, -0.25) is 0 Å². The summed E-state index contributed by atoms with van der Waals surface area (Å²) in [6.07, 6.45) is -0.590. The van der Waals surface area contributed by atoms with Gasteiger partial charge < -0.3 is 14.8 Å². The van der Waals surface area contributed by atoms with Crippen LogP contribution in [-0.4, -0.2) is 25.8 Å². The van der Waals surface area contributed by atoms with Gasteiger partial charge in [0.2, 0.25) is 0 Å². The van der Waals surface area contributed by atoms with Crippen molar-refractivity contribution in [2.24, 2.45) is 0 Å². The van der Waals surface area contributed by atoms with Crippen LogP contribution in [0.1, 0.15) is 11.7 Å². The lowest BCUT2D eigenvalue weighted by Crippen LogP contribution is -2.43. The van der Waals surface area contributed by atoms with Gasteiger partial charge in [0.1, 0.15) is 17.7 Å². The highest BCUT2D eigenvalue weighted by Crippen LogP contribution is 2.33. The molecule has 23 heavy (non-hydrogen) atoms. The zero-order valence-corrected chi connectivity index (χ0v) is 13.8. The maximum absolute atomic E-state index is 13.2. The Labute approximate surface area is 144 Å². The summed E-state index contributed by atoms with van der Waals surface area (Å²) in [5.41, 5.74) is 0.881. The van der Waals surface area contributed by atoms with E-state index in [1.165, 1.54) is 18.2 Å². The number of hydrogen-bond acceptors (Lipinski definition) is 3. The van der Waals surface area contributed by atoms with Gasteiger partial charge in [-0.1, -0.05) is 35.3 Å². The van der Waals surface area contributed by atoms with Crippen LogP contribution in [0.3, 0.4) is 0 Å². The minimum atomic E-state index is -0.405. The summed E-state index contributed by atoms with van der Waals surface area (Å²) in [6, 6.07) is 11.5. The Hall–Kier alpha value is -1.33. The number of halogens is 3. The maximum atomic E-state index is 13.2. The van der Waals surface area contributed by atoms with Crippen molar-refractivity contribution in [3.05, 3.63) is 63.9 Å². The van der Waals surface area contributed by atoms with Gasteiger partial charge in [-0.05, 0) is 35.9 Å². The molecule has 0 radical (unpaired) electrons. The molecule has 2 aromatic carbocycles. The van der Waals surface area contributed by atoms with Gasteiger partial charge in [-0.25, -0.2) is 4.39 Å². The van der Waals surface area contributed by atoms with Crippen LogP contribution in [0.25, 0.3) is 0 Å². The predicted molar refractivity (Wildman–Crippen MR) is 88.8 cm³/mol. The maximum Gasteiger partial charge on any atom is 0.151 e. The first kappa shape index (κ1) is 16.5. The van der Waals surface area contributed by atoms with Crippen LogP contribution in [0.15, 0.2) is 42.5 Å². The van der Waals surface area contributed by atoms with E-state index in [1.807, 2.05) is 18.2 Å². The molecular weight excluding hydrogens is 340 g/mol. The molecule has 1 aliphatic heterocycles. The SMILES string of the molecule is Fc1ccc(O[C@@H](c2cccc(Cl)c2)[C@@H]2CNCCO2)c(Cl)c1. The van der Waals surface area contributed by atoms with Gasteiger partial charge in [0, 0.05) is 18.1 Å². The minimum absolute atomic E-state index is 0.191. The molecule has 0 unspecified atom stereocenters. The molecular formula is C17H16Cl2FNO2. The summed E-state index contributed by atoms with van der Waals surface area (Å²) >= 11 is 12.2. The van der Waals surface area contributed by atoms with Gasteiger partial charge in [-0.2, -0.15) is 0 Å². The monoisotopic (exact) mass is 355 g/mol. The first-order chi connectivity index (χ1) is 11.1. The number of rotatable bonds is 4. The smallest absolute Gasteiger partial charge is 0.151 e. The average Bonchev–Trinajstić information content (AvgIpc) is 2.55. The molecule has 1 aliphatic rings. The molecule has 3 rings (SSSR count). The Morgan fingerprint density at radius 3 is 2.78 bits per heavy atom. The van der Waals surface area contributed by atoms with E-state index in [9.17, 15) is 4.39 Å². The fourth-order valence-electron chi connectivity index (χ4n) is 2.53. The third kappa shape index (κ3) is 4.15. The molecule has 2 aromatic rings. The Kier molecular flexibility index (Phi) is 5.38. The summed E-state index contributed by atoms with van der Waals surface area (Å²) in [5.74, 6) is 0.00412. The lowest BCUT2D eigenvalue weighted by molar-refractivity contribution is -0.0432. The number of benzene rings is 2. The number of nitrogens with one attached hydrogen (secondary N) is 1. The molecule has 0 amide bonds. The summed E-state index contributed by atoms with van der Waals surface area (Å²) < 4.78 is 25.1. The predicted octanol–water partition coefficient (Wildman–Crippen LogP) is 4.24. The third-order valence-electron chi connectivity index (χ3n) is 3.62. The minimum Gasteiger partial charge on any atom is -0.481 e. The van der Waals surface area contributed by atoms with Gasteiger partial charge in [0.25, 0.3) is 0 Å². The second-order valence-electron chi connectivity index (χ2n) is 5.28. The van der Waals surface area contributed by atoms with Crippen molar-refractivity contribution in [1.29, 1.82) is 0 Å². The Bertz CT molecular complexity index is 677. The Morgan fingerprint density at radius 2 is 2.09 bits per heavy atom. The van der Waals surface area contributed by atoms with E-state index < -0.39 is 11.9 Å². The molecule has 3 nitrogen and oxygen atoms in total. The Balaban J connectivity index is 1.91. The molecule has 0 saturated carbocycles. The van der Waals surface area contributed by atoms with Gasteiger partial charge in [0.15, 0.2) is 6.10 Å². The molecule has 1 heterocycles. The molecule has 6 heteroatoms. The average molecular weight is 356 g/mol. The zero-order chi connectivity index (χ0) is 16.2. The topological polar surface area (TPSA) is 30.5 Å². The van der Waals surface area contributed by atoms with Crippen molar-refractivity contribution in [3.8, 4) is 5.75 Å². The van der Waals surface area contributed by atoms with Crippen molar-refractivity contribution >= 4 is 23.2 Å². The molecule has 1 saturated heterocycles. The third-order valence-corrected chi connectivity index (χ3v) is 4.15. The lowest BCUT2D eigenvalue weighted by Gasteiger charge is -2.32. The molecule has 0 aliphatic carbocycles. The fourth-order valence-corrected chi connectivity index (χ4v) is 2.94.